The Morgan fingerprint density at radius 2 is 1.88 bits per heavy atom. The van der Waals surface area contributed by atoms with E-state index in [4.69, 9.17) is 0 Å². The third-order valence-corrected chi connectivity index (χ3v) is 4.97. The molecule has 0 aromatic heterocycles. The van der Waals surface area contributed by atoms with Crippen LogP contribution in [0.3, 0.4) is 0 Å². The predicted octanol–water partition coefficient (Wildman–Crippen LogP) is 1.63. The third-order valence-electron chi connectivity index (χ3n) is 4.97. The average molecular weight is 241 g/mol. The maximum absolute atomic E-state index is 9.74. The summed E-state index contributed by atoms with van der Waals surface area (Å²) in [5.74, 6) is 0.597. The minimum absolute atomic E-state index is 0.121. The van der Waals surface area contributed by atoms with E-state index in [1.807, 2.05) is 0 Å². The minimum Gasteiger partial charge on any atom is -0.396 e. The van der Waals surface area contributed by atoms with Gasteiger partial charge in [0, 0.05) is 24.6 Å². The zero-order valence-electron chi connectivity index (χ0n) is 11.1. The van der Waals surface area contributed by atoms with Gasteiger partial charge in [-0.25, -0.2) is 0 Å². The van der Waals surface area contributed by atoms with E-state index in [0.29, 0.717) is 18.6 Å². The quantitative estimate of drug-likeness (QED) is 0.786. The van der Waals surface area contributed by atoms with E-state index in [2.05, 4.69) is 11.8 Å². The van der Waals surface area contributed by atoms with Gasteiger partial charge in [-0.2, -0.15) is 0 Å². The Balaban J connectivity index is 1.98. The van der Waals surface area contributed by atoms with Crippen LogP contribution in [0.5, 0.6) is 0 Å². The van der Waals surface area contributed by atoms with Gasteiger partial charge in [0.05, 0.1) is 6.61 Å². The molecule has 0 bridgehead atoms. The summed E-state index contributed by atoms with van der Waals surface area (Å²) >= 11 is 0. The first kappa shape index (κ1) is 13.3. The summed E-state index contributed by atoms with van der Waals surface area (Å²) in [7, 11) is 0. The fourth-order valence-corrected chi connectivity index (χ4v) is 3.68. The van der Waals surface area contributed by atoms with Crippen molar-refractivity contribution >= 4 is 0 Å². The Morgan fingerprint density at radius 1 is 1.18 bits per heavy atom. The molecule has 2 N–H and O–H groups in total. The van der Waals surface area contributed by atoms with Gasteiger partial charge in [0.1, 0.15) is 0 Å². The number of aliphatic hydroxyl groups is 2. The lowest BCUT2D eigenvalue weighted by atomic mass is 9.74. The Kier molecular flexibility index (Phi) is 4.45. The lowest BCUT2D eigenvalue weighted by Crippen LogP contribution is -2.45. The van der Waals surface area contributed by atoms with Crippen LogP contribution in [0.15, 0.2) is 0 Å². The van der Waals surface area contributed by atoms with Crippen molar-refractivity contribution in [2.75, 3.05) is 26.3 Å². The lowest BCUT2D eigenvalue weighted by Gasteiger charge is -2.40. The highest BCUT2D eigenvalue weighted by molar-refractivity contribution is 4.91. The van der Waals surface area contributed by atoms with Crippen LogP contribution in [0.25, 0.3) is 0 Å². The van der Waals surface area contributed by atoms with Crippen molar-refractivity contribution in [2.24, 2.45) is 11.3 Å². The number of rotatable bonds is 4. The highest BCUT2D eigenvalue weighted by Gasteiger charge is 2.38. The molecule has 100 valence electrons. The van der Waals surface area contributed by atoms with E-state index < -0.39 is 0 Å². The van der Waals surface area contributed by atoms with Crippen LogP contribution in [-0.2, 0) is 0 Å². The van der Waals surface area contributed by atoms with Crippen LogP contribution in [0, 0.1) is 11.3 Å². The molecule has 1 heterocycles. The van der Waals surface area contributed by atoms with E-state index in [9.17, 15) is 10.2 Å². The molecule has 0 spiro atoms. The summed E-state index contributed by atoms with van der Waals surface area (Å²) in [6.45, 7) is 4.89. The molecule has 0 radical (unpaired) electrons. The monoisotopic (exact) mass is 241 g/mol. The number of nitrogens with zero attached hydrogens (tertiary/aromatic N) is 1. The van der Waals surface area contributed by atoms with Gasteiger partial charge in [-0.15, -0.1) is 0 Å². The summed E-state index contributed by atoms with van der Waals surface area (Å²) in [4.78, 5) is 2.42. The van der Waals surface area contributed by atoms with Gasteiger partial charge in [-0.3, -0.25) is 4.90 Å². The van der Waals surface area contributed by atoms with E-state index >= 15 is 0 Å². The van der Waals surface area contributed by atoms with E-state index in [0.717, 1.165) is 25.9 Å². The number of aliphatic hydroxyl groups excluding tert-OH is 2. The van der Waals surface area contributed by atoms with Crippen LogP contribution in [0.4, 0.5) is 0 Å². The molecule has 2 unspecified atom stereocenters. The van der Waals surface area contributed by atoms with Gasteiger partial charge in [-0.05, 0) is 31.7 Å². The molecule has 1 saturated heterocycles. The first-order chi connectivity index (χ1) is 8.21. The Bertz CT molecular complexity index is 238. The lowest BCUT2D eigenvalue weighted by molar-refractivity contribution is 0.0230. The second-order valence-electron chi connectivity index (χ2n) is 6.21. The fraction of sp³-hybridized carbons (Fsp3) is 1.00. The van der Waals surface area contributed by atoms with Gasteiger partial charge in [0.25, 0.3) is 0 Å². The Labute approximate surface area is 105 Å². The number of likely N-dealkylation sites (tertiary alicyclic amines) is 1. The van der Waals surface area contributed by atoms with E-state index in [1.54, 1.807) is 0 Å². The molecule has 1 aliphatic carbocycles. The molecule has 3 nitrogen and oxygen atoms in total. The maximum atomic E-state index is 9.74. The molecule has 2 rings (SSSR count). The van der Waals surface area contributed by atoms with Crippen molar-refractivity contribution in [1.29, 1.82) is 0 Å². The predicted molar refractivity (Wildman–Crippen MR) is 68.8 cm³/mol. The third kappa shape index (κ3) is 2.83. The summed E-state index contributed by atoms with van der Waals surface area (Å²) in [5, 5.41) is 19.2. The molecule has 0 aromatic rings. The van der Waals surface area contributed by atoms with E-state index in [-0.39, 0.29) is 12.0 Å². The SMILES string of the molecule is CC1CCN(CC2(CO)CCCCC2)C1CO. The van der Waals surface area contributed by atoms with E-state index in [1.165, 1.54) is 25.7 Å². The summed E-state index contributed by atoms with van der Waals surface area (Å²) in [5.41, 5.74) is 0.121. The molecule has 1 aliphatic heterocycles. The van der Waals surface area contributed by atoms with Crippen molar-refractivity contribution in [3.63, 3.8) is 0 Å². The molecular weight excluding hydrogens is 214 g/mol. The van der Waals surface area contributed by atoms with Crippen molar-refractivity contribution in [3.8, 4) is 0 Å². The molecule has 0 amide bonds. The number of hydrogen-bond acceptors (Lipinski definition) is 3. The van der Waals surface area contributed by atoms with Gasteiger partial charge in [0.2, 0.25) is 0 Å². The van der Waals surface area contributed by atoms with Crippen LogP contribution < -0.4 is 0 Å². The zero-order chi connectivity index (χ0) is 12.3. The van der Waals surface area contributed by atoms with Crippen LogP contribution in [0.1, 0.15) is 45.4 Å². The Morgan fingerprint density at radius 3 is 2.47 bits per heavy atom. The Hall–Kier alpha value is -0.120. The normalized spacial score (nSPS) is 34.1. The highest BCUT2D eigenvalue weighted by atomic mass is 16.3. The maximum Gasteiger partial charge on any atom is 0.0589 e. The largest absolute Gasteiger partial charge is 0.396 e. The fourth-order valence-electron chi connectivity index (χ4n) is 3.68. The molecule has 3 heteroatoms. The van der Waals surface area contributed by atoms with Crippen molar-refractivity contribution < 1.29 is 10.2 Å². The molecule has 1 saturated carbocycles. The van der Waals surface area contributed by atoms with Crippen molar-refractivity contribution in [1.82, 2.24) is 4.90 Å². The molecule has 2 atom stereocenters. The molecular formula is C14H27NO2. The second kappa shape index (κ2) is 5.68. The highest BCUT2D eigenvalue weighted by Crippen LogP contribution is 2.38. The summed E-state index contributed by atoms with van der Waals surface area (Å²) in [6, 6.07) is 0.320. The standard InChI is InChI=1S/C14H27NO2/c1-12-5-8-15(13(12)9-16)10-14(11-17)6-3-2-4-7-14/h12-13,16-17H,2-11H2,1H3. The van der Waals surface area contributed by atoms with Crippen LogP contribution in [-0.4, -0.2) is 47.5 Å². The second-order valence-corrected chi connectivity index (χ2v) is 6.21. The van der Waals surface area contributed by atoms with Gasteiger partial charge >= 0.3 is 0 Å². The first-order valence-corrected chi connectivity index (χ1v) is 7.16. The number of hydrogen-bond donors (Lipinski definition) is 2. The van der Waals surface area contributed by atoms with Crippen LogP contribution >= 0.6 is 0 Å². The van der Waals surface area contributed by atoms with Crippen LogP contribution in [0.2, 0.25) is 0 Å². The van der Waals surface area contributed by atoms with Gasteiger partial charge in [0.15, 0.2) is 0 Å². The molecule has 0 aromatic carbocycles. The minimum atomic E-state index is 0.121. The van der Waals surface area contributed by atoms with Gasteiger partial charge < -0.3 is 10.2 Å². The van der Waals surface area contributed by atoms with Crippen molar-refractivity contribution in [3.05, 3.63) is 0 Å². The first-order valence-electron chi connectivity index (χ1n) is 7.16. The topological polar surface area (TPSA) is 43.7 Å². The smallest absolute Gasteiger partial charge is 0.0589 e. The molecule has 2 aliphatic rings. The van der Waals surface area contributed by atoms with Gasteiger partial charge in [-0.1, -0.05) is 26.2 Å². The average Bonchev–Trinajstić information content (AvgIpc) is 2.71. The summed E-state index contributed by atoms with van der Waals surface area (Å²) < 4.78 is 0. The van der Waals surface area contributed by atoms with Crippen molar-refractivity contribution in [2.45, 2.75) is 51.5 Å². The zero-order valence-corrected chi connectivity index (χ0v) is 11.1. The summed E-state index contributed by atoms with van der Waals surface area (Å²) in [6.07, 6.45) is 7.34. The molecule has 17 heavy (non-hydrogen) atoms. The molecule has 2 fully saturated rings.